The van der Waals surface area contributed by atoms with Crippen LogP contribution >= 0.6 is 0 Å². The highest BCUT2D eigenvalue weighted by molar-refractivity contribution is 5.93. The molecule has 2 bridgehead atoms. The molecular formula is C19H19NO4. The lowest BCUT2D eigenvalue weighted by molar-refractivity contribution is -0.205. The minimum atomic E-state index is -0.770. The number of amides is 1. The van der Waals surface area contributed by atoms with Crippen LogP contribution in [0.3, 0.4) is 0 Å². The lowest BCUT2D eigenvalue weighted by atomic mass is 9.71. The number of likely N-dealkylation sites (tertiary alicyclic amines) is 1. The van der Waals surface area contributed by atoms with Crippen LogP contribution in [0.4, 0.5) is 0 Å². The molecule has 0 aliphatic carbocycles. The minimum absolute atomic E-state index is 0.0121. The summed E-state index contributed by atoms with van der Waals surface area (Å²) in [5.41, 5.74) is 0.469. The molecule has 4 rings (SSSR count). The molecule has 5 nitrogen and oxygen atoms in total. The Morgan fingerprint density at radius 1 is 1.38 bits per heavy atom. The number of hydrogen-bond donors (Lipinski definition) is 0. The molecule has 5 heteroatoms. The lowest BCUT2D eigenvalue weighted by Gasteiger charge is -2.56. The SMILES string of the molecule is C=CCC(=O)O[C@@H]1C(=O)N(Cc2ccccc2)[C@@]12C[C@H]1C=C[C@@H]2O1. The van der Waals surface area contributed by atoms with Gasteiger partial charge >= 0.3 is 5.97 Å². The Labute approximate surface area is 140 Å². The van der Waals surface area contributed by atoms with Gasteiger partial charge in [-0.15, -0.1) is 6.58 Å². The molecule has 2 fully saturated rings. The fourth-order valence-electron chi connectivity index (χ4n) is 3.94. The third-order valence-electron chi connectivity index (χ3n) is 5.03. The van der Waals surface area contributed by atoms with Gasteiger partial charge in [0.1, 0.15) is 11.6 Å². The van der Waals surface area contributed by atoms with Crippen LogP contribution in [0.5, 0.6) is 0 Å². The molecule has 1 amide bonds. The standard InChI is InChI=1S/C19H19NO4/c1-2-6-16(21)24-17-18(22)20(12-13-7-4-3-5-8-13)19(17)11-14-9-10-15(19)23-14/h2-5,7-10,14-15,17H,1,6,11-12H2/t14-,15+,17-,19-/m1/s1. The van der Waals surface area contributed by atoms with Gasteiger partial charge < -0.3 is 14.4 Å². The molecule has 3 heterocycles. The third-order valence-corrected chi connectivity index (χ3v) is 5.03. The molecular weight excluding hydrogens is 306 g/mol. The second-order valence-corrected chi connectivity index (χ2v) is 6.45. The van der Waals surface area contributed by atoms with Gasteiger partial charge in [0.25, 0.3) is 5.91 Å². The highest BCUT2D eigenvalue weighted by Crippen LogP contribution is 2.51. The second kappa shape index (κ2) is 5.60. The van der Waals surface area contributed by atoms with Crippen molar-refractivity contribution in [1.82, 2.24) is 4.90 Å². The van der Waals surface area contributed by atoms with Crippen LogP contribution in [0.25, 0.3) is 0 Å². The van der Waals surface area contributed by atoms with Gasteiger partial charge in [-0.25, -0.2) is 0 Å². The quantitative estimate of drug-likeness (QED) is 0.472. The summed E-state index contributed by atoms with van der Waals surface area (Å²) in [6.07, 6.45) is 5.25. The van der Waals surface area contributed by atoms with E-state index in [0.717, 1.165) is 5.56 Å². The smallest absolute Gasteiger partial charge is 0.310 e. The van der Waals surface area contributed by atoms with Gasteiger partial charge in [-0.2, -0.15) is 0 Å². The van der Waals surface area contributed by atoms with Crippen LogP contribution in [-0.2, 0) is 25.6 Å². The Hall–Kier alpha value is -2.40. The summed E-state index contributed by atoms with van der Waals surface area (Å²) < 4.78 is 11.4. The molecule has 0 N–H and O–H groups in total. The van der Waals surface area contributed by atoms with Gasteiger partial charge in [0, 0.05) is 13.0 Å². The molecule has 0 saturated carbocycles. The zero-order valence-electron chi connectivity index (χ0n) is 13.3. The first-order chi connectivity index (χ1) is 11.6. The molecule has 0 aromatic heterocycles. The maximum absolute atomic E-state index is 12.7. The van der Waals surface area contributed by atoms with E-state index in [4.69, 9.17) is 9.47 Å². The summed E-state index contributed by atoms with van der Waals surface area (Å²) in [7, 11) is 0. The number of carbonyl (C=O) groups excluding carboxylic acids is 2. The van der Waals surface area contributed by atoms with Gasteiger partial charge in [0.15, 0.2) is 0 Å². The predicted octanol–water partition coefficient (Wildman–Crippen LogP) is 1.98. The van der Waals surface area contributed by atoms with Crippen LogP contribution in [0.2, 0.25) is 0 Å². The third kappa shape index (κ3) is 2.12. The average molecular weight is 325 g/mol. The van der Waals surface area contributed by atoms with Crippen molar-refractivity contribution in [3.8, 4) is 0 Å². The molecule has 1 aromatic rings. The van der Waals surface area contributed by atoms with Crippen molar-refractivity contribution in [2.24, 2.45) is 0 Å². The topological polar surface area (TPSA) is 55.8 Å². The van der Waals surface area contributed by atoms with E-state index in [9.17, 15) is 9.59 Å². The Kier molecular flexibility index (Phi) is 3.53. The summed E-state index contributed by atoms with van der Waals surface area (Å²) >= 11 is 0. The van der Waals surface area contributed by atoms with Crippen molar-refractivity contribution >= 4 is 11.9 Å². The molecule has 0 unspecified atom stereocenters. The number of carbonyl (C=O) groups is 2. The van der Waals surface area contributed by atoms with Crippen LogP contribution in [-0.4, -0.2) is 40.6 Å². The molecule has 1 spiro atoms. The minimum Gasteiger partial charge on any atom is -0.449 e. The Morgan fingerprint density at radius 3 is 2.79 bits per heavy atom. The van der Waals surface area contributed by atoms with Crippen LogP contribution in [0, 0.1) is 0 Å². The van der Waals surface area contributed by atoms with E-state index in [-0.39, 0.29) is 24.5 Å². The van der Waals surface area contributed by atoms with E-state index in [1.54, 1.807) is 0 Å². The number of β-lactam (4-membered cyclic amide) rings is 1. The van der Waals surface area contributed by atoms with Gasteiger partial charge in [0.05, 0.1) is 12.5 Å². The van der Waals surface area contributed by atoms with Crippen LogP contribution in [0.1, 0.15) is 18.4 Å². The second-order valence-electron chi connectivity index (χ2n) is 6.45. The fourth-order valence-corrected chi connectivity index (χ4v) is 3.94. The molecule has 3 aliphatic rings. The van der Waals surface area contributed by atoms with E-state index in [1.165, 1.54) is 6.08 Å². The normalized spacial score (nSPS) is 32.9. The zero-order valence-corrected chi connectivity index (χ0v) is 13.3. The Balaban J connectivity index is 1.60. The fraction of sp³-hybridized carbons (Fsp3) is 0.368. The van der Waals surface area contributed by atoms with Gasteiger partial charge in [-0.3, -0.25) is 9.59 Å². The van der Waals surface area contributed by atoms with E-state index in [1.807, 2.05) is 47.4 Å². The highest BCUT2D eigenvalue weighted by atomic mass is 16.6. The summed E-state index contributed by atoms with van der Waals surface area (Å²) in [5, 5.41) is 0. The summed E-state index contributed by atoms with van der Waals surface area (Å²) in [6.45, 7) is 4.03. The molecule has 2 saturated heterocycles. The average Bonchev–Trinajstić information content (AvgIpc) is 3.21. The van der Waals surface area contributed by atoms with Gasteiger partial charge in [-0.05, 0) is 5.56 Å². The van der Waals surface area contributed by atoms with Crippen molar-refractivity contribution in [1.29, 1.82) is 0 Å². The predicted molar refractivity (Wildman–Crippen MR) is 86.8 cm³/mol. The van der Waals surface area contributed by atoms with Crippen molar-refractivity contribution in [3.63, 3.8) is 0 Å². The first-order valence-electron chi connectivity index (χ1n) is 8.15. The van der Waals surface area contributed by atoms with E-state index < -0.39 is 17.6 Å². The zero-order chi connectivity index (χ0) is 16.7. The number of hydrogen-bond acceptors (Lipinski definition) is 4. The van der Waals surface area contributed by atoms with Crippen LogP contribution in [0.15, 0.2) is 55.1 Å². The highest BCUT2D eigenvalue weighted by Gasteiger charge is 2.70. The summed E-state index contributed by atoms with van der Waals surface area (Å²) in [6, 6.07) is 9.82. The molecule has 124 valence electrons. The maximum atomic E-state index is 12.7. The first-order valence-corrected chi connectivity index (χ1v) is 8.15. The van der Waals surface area contributed by atoms with Crippen molar-refractivity contribution in [2.75, 3.05) is 0 Å². The van der Waals surface area contributed by atoms with E-state index in [2.05, 4.69) is 6.58 Å². The van der Waals surface area contributed by atoms with Gasteiger partial charge in [-0.1, -0.05) is 48.6 Å². The number of ether oxygens (including phenoxy) is 2. The number of benzene rings is 1. The number of rotatable bonds is 5. The Morgan fingerprint density at radius 2 is 2.17 bits per heavy atom. The molecule has 0 radical (unpaired) electrons. The number of fused-ring (bicyclic) bond motifs is 3. The summed E-state index contributed by atoms with van der Waals surface area (Å²) in [4.78, 5) is 26.4. The maximum Gasteiger partial charge on any atom is 0.310 e. The molecule has 4 atom stereocenters. The molecule has 24 heavy (non-hydrogen) atoms. The lowest BCUT2D eigenvalue weighted by Crippen LogP contribution is -2.78. The monoisotopic (exact) mass is 325 g/mol. The van der Waals surface area contributed by atoms with Crippen molar-refractivity contribution in [3.05, 3.63) is 60.7 Å². The van der Waals surface area contributed by atoms with E-state index in [0.29, 0.717) is 13.0 Å². The number of nitrogens with zero attached hydrogens (tertiary/aromatic N) is 1. The largest absolute Gasteiger partial charge is 0.449 e. The van der Waals surface area contributed by atoms with Crippen molar-refractivity contribution in [2.45, 2.75) is 43.2 Å². The number of esters is 1. The van der Waals surface area contributed by atoms with E-state index >= 15 is 0 Å². The summed E-state index contributed by atoms with van der Waals surface area (Å²) in [5.74, 6) is -0.574. The van der Waals surface area contributed by atoms with Crippen molar-refractivity contribution < 1.29 is 19.1 Å². The first kappa shape index (κ1) is 15.1. The van der Waals surface area contributed by atoms with Crippen LogP contribution < -0.4 is 0 Å². The molecule has 3 aliphatic heterocycles. The van der Waals surface area contributed by atoms with Gasteiger partial charge in [0.2, 0.25) is 6.10 Å². The Bertz CT molecular complexity index is 713. The molecule has 1 aromatic carbocycles.